The number of nitrogens with zero attached hydrogens (tertiary/aromatic N) is 4. The first kappa shape index (κ1) is 18.9. The maximum Gasteiger partial charge on any atom is 0.161 e. The molecule has 2 aliphatic rings. The summed E-state index contributed by atoms with van der Waals surface area (Å²) in [5, 5.41) is 8.69. The smallest absolute Gasteiger partial charge is 0.161 e. The van der Waals surface area contributed by atoms with E-state index in [1.54, 1.807) is 7.11 Å². The monoisotopic (exact) mass is 379 g/mol. The average Bonchev–Trinajstić information content (AvgIpc) is 3.29. The lowest BCUT2D eigenvalue weighted by Gasteiger charge is -2.28. The first-order valence-corrected chi connectivity index (χ1v) is 10.2. The van der Waals surface area contributed by atoms with E-state index in [1.807, 2.05) is 10.7 Å². The molecular weight excluding hydrogens is 350 g/mol. The molecule has 148 valence electrons. The van der Waals surface area contributed by atoms with E-state index in [2.05, 4.69) is 45.1 Å². The highest BCUT2D eigenvalue weighted by Crippen LogP contribution is 2.40. The number of methoxy groups -OCH3 is 1. The second-order valence-electron chi connectivity index (χ2n) is 7.57. The highest BCUT2D eigenvalue weighted by Gasteiger charge is 2.35. The van der Waals surface area contributed by atoms with Crippen molar-refractivity contribution in [3.05, 3.63) is 29.5 Å². The third-order valence-corrected chi connectivity index (χ3v) is 5.81. The van der Waals surface area contributed by atoms with Crippen molar-refractivity contribution in [3.63, 3.8) is 0 Å². The number of hydrogen-bond donors (Lipinski definition) is 1. The standard InChI is InChI=1S/C22H29N5O/c1-6-15(7-2)24-22-20-18(10-11-23-20)25-21-19(14(4)26-27(21)22)17-9-8-16(28-5)12-13(17)3/h8-9,12,15,22,24H,6-7,10-11H2,1-5H3. The summed E-state index contributed by atoms with van der Waals surface area (Å²) < 4.78 is 7.42. The molecule has 1 aromatic carbocycles. The summed E-state index contributed by atoms with van der Waals surface area (Å²) in [6, 6.07) is 6.61. The van der Waals surface area contributed by atoms with Crippen molar-refractivity contribution in [3.8, 4) is 16.9 Å². The number of aromatic nitrogens is 2. The van der Waals surface area contributed by atoms with Crippen LogP contribution in [0.3, 0.4) is 0 Å². The topological polar surface area (TPSA) is 63.8 Å². The van der Waals surface area contributed by atoms with Gasteiger partial charge in [0.05, 0.1) is 24.2 Å². The predicted octanol–water partition coefficient (Wildman–Crippen LogP) is 4.38. The van der Waals surface area contributed by atoms with Crippen LogP contribution in [0.15, 0.2) is 28.2 Å². The van der Waals surface area contributed by atoms with Gasteiger partial charge in [-0.25, -0.2) is 9.67 Å². The summed E-state index contributed by atoms with van der Waals surface area (Å²) in [7, 11) is 1.70. The van der Waals surface area contributed by atoms with Crippen LogP contribution >= 0.6 is 0 Å². The third-order valence-electron chi connectivity index (χ3n) is 5.81. The maximum absolute atomic E-state index is 5.38. The quantitative estimate of drug-likeness (QED) is 0.810. The molecule has 6 heteroatoms. The molecule has 3 heterocycles. The molecule has 0 radical (unpaired) electrons. The first-order valence-electron chi connectivity index (χ1n) is 10.2. The summed E-state index contributed by atoms with van der Waals surface area (Å²) in [6.07, 6.45) is 3.02. The minimum Gasteiger partial charge on any atom is -0.497 e. The van der Waals surface area contributed by atoms with Gasteiger partial charge in [-0.3, -0.25) is 10.3 Å². The Hall–Kier alpha value is -2.47. The van der Waals surface area contributed by atoms with Gasteiger partial charge >= 0.3 is 0 Å². The van der Waals surface area contributed by atoms with Gasteiger partial charge in [-0.15, -0.1) is 0 Å². The molecule has 4 rings (SSSR count). The zero-order chi connectivity index (χ0) is 19.8. The largest absolute Gasteiger partial charge is 0.497 e. The second kappa shape index (κ2) is 7.51. The van der Waals surface area contributed by atoms with Gasteiger partial charge in [0.1, 0.15) is 11.9 Å². The van der Waals surface area contributed by atoms with E-state index in [1.165, 1.54) is 0 Å². The number of nitrogens with one attached hydrogen (secondary N) is 1. The van der Waals surface area contributed by atoms with E-state index in [0.717, 1.165) is 71.2 Å². The highest BCUT2D eigenvalue weighted by molar-refractivity contribution is 6.46. The normalized spacial score (nSPS) is 18.0. The van der Waals surface area contributed by atoms with Crippen LogP contribution in [0.2, 0.25) is 0 Å². The molecule has 2 aromatic rings. The van der Waals surface area contributed by atoms with Crippen molar-refractivity contribution in [2.45, 2.75) is 59.2 Å². The van der Waals surface area contributed by atoms with Crippen LogP contribution in [0, 0.1) is 13.8 Å². The molecule has 1 atom stereocenters. The van der Waals surface area contributed by atoms with E-state index >= 15 is 0 Å². The summed E-state index contributed by atoms with van der Waals surface area (Å²) in [5.41, 5.74) is 6.57. The number of fused-ring (bicyclic) bond motifs is 2. The van der Waals surface area contributed by atoms with E-state index in [-0.39, 0.29) is 6.17 Å². The Labute approximate surface area is 166 Å². The molecule has 0 amide bonds. The third kappa shape index (κ3) is 3.05. The zero-order valence-electron chi connectivity index (χ0n) is 17.4. The average molecular weight is 380 g/mol. The predicted molar refractivity (Wildman–Crippen MR) is 114 cm³/mol. The summed E-state index contributed by atoms with van der Waals surface area (Å²) in [5.74, 6) is 1.80. The Morgan fingerprint density at radius 2 is 2.04 bits per heavy atom. The van der Waals surface area contributed by atoms with Crippen LogP contribution in [0.25, 0.3) is 11.1 Å². The molecule has 1 aromatic heterocycles. The van der Waals surface area contributed by atoms with Gasteiger partial charge < -0.3 is 4.74 Å². The van der Waals surface area contributed by atoms with Gasteiger partial charge in [0.15, 0.2) is 5.82 Å². The lowest BCUT2D eigenvalue weighted by molar-refractivity contribution is 0.384. The zero-order valence-corrected chi connectivity index (χ0v) is 17.4. The molecule has 1 N–H and O–H groups in total. The Morgan fingerprint density at radius 1 is 1.25 bits per heavy atom. The van der Waals surface area contributed by atoms with Crippen molar-refractivity contribution >= 4 is 17.2 Å². The Bertz CT molecular complexity index is 952. The lowest BCUT2D eigenvalue weighted by atomic mass is 9.99. The minimum absolute atomic E-state index is 0.0408. The van der Waals surface area contributed by atoms with E-state index in [0.29, 0.717) is 6.04 Å². The SMILES string of the molecule is CCC(CC)NC1C2=NCCC2=Nc2c(-c3ccc(OC)cc3C)c(C)nn21. The first-order chi connectivity index (χ1) is 13.6. The Balaban J connectivity index is 1.85. The second-order valence-corrected chi connectivity index (χ2v) is 7.57. The van der Waals surface area contributed by atoms with E-state index in [4.69, 9.17) is 19.8 Å². The number of aliphatic imine (C=N–C) groups is 2. The summed E-state index contributed by atoms with van der Waals surface area (Å²) >= 11 is 0. The molecule has 0 aliphatic carbocycles. The fraction of sp³-hybridized carbons (Fsp3) is 0.500. The number of ether oxygens (including phenoxy) is 1. The van der Waals surface area contributed by atoms with Crippen molar-refractivity contribution in [2.24, 2.45) is 9.98 Å². The van der Waals surface area contributed by atoms with Crippen LogP contribution in [-0.4, -0.2) is 40.9 Å². The molecule has 1 unspecified atom stereocenters. The van der Waals surface area contributed by atoms with Crippen molar-refractivity contribution in [2.75, 3.05) is 13.7 Å². The van der Waals surface area contributed by atoms with Crippen LogP contribution in [0.1, 0.15) is 50.5 Å². The van der Waals surface area contributed by atoms with Crippen LogP contribution in [0.4, 0.5) is 5.82 Å². The number of rotatable bonds is 6. The molecule has 0 bridgehead atoms. The Morgan fingerprint density at radius 3 is 2.71 bits per heavy atom. The fourth-order valence-corrected chi connectivity index (χ4v) is 4.18. The van der Waals surface area contributed by atoms with Crippen molar-refractivity contribution in [1.82, 2.24) is 15.1 Å². The molecule has 2 aliphatic heterocycles. The van der Waals surface area contributed by atoms with Crippen LogP contribution in [0.5, 0.6) is 5.75 Å². The van der Waals surface area contributed by atoms with Crippen LogP contribution in [-0.2, 0) is 0 Å². The molecule has 0 saturated heterocycles. The van der Waals surface area contributed by atoms with Gasteiger partial charge in [0.2, 0.25) is 0 Å². The molecular formula is C22H29N5O. The summed E-state index contributed by atoms with van der Waals surface area (Å²) in [4.78, 5) is 9.77. The maximum atomic E-state index is 5.38. The van der Waals surface area contributed by atoms with Crippen LogP contribution < -0.4 is 10.1 Å². The molecule has 28 heavy (non-hydrogen) atoms. The Kier molecular flexibility index (Phi) is 5.06. The van der Waals surface area contributed by atoms with Gasteiger partial charge in [-0.1, -0.05) is 19.9 Å². The molecule has 0 fully saturated rings. The van der Waals surface area contributed by atoms with Gasteiger partial charge in [-0.05, 0) is 49.9 Å². The summed E-state index contributed by atoms with van der Waals surface area (Å²) in [6.45, 7) is 9.43. The molecule has 6 nitrogen and oxygen atoms in total. The van der Waals surface area contributed by atoms with Gasteiger partial charge in [-0.2, -0.15) is 5.10 Å². The molecule has 0 spiro atoms. The molecule has 0 saturated carbocycles. The lowest BCUT2D eigenvalue weighted by Crippen LogP contribution is -2.43. The number of aryl methyl sites for hydroxylation is 2. The van der Waals surface area contributed by atoms with Crippen molar-refractivity contribution in [1.29, 1.82) is 0 Å². The number of hydrogen-bond acceptors (Lipinski definition) is 5. The highest BCUT2D eigenvalue weighted by atomic mass is 16.5. The van der Waals surface area contributed by atoms with E-state index < -0.39 is 0 Å². The fourth-order valence-electron chi connectivity index (χ4n) is 4.18. The van der Waals surface area contributed by atoms with E-state index in [9.17, 15) is 0 Å². The van der Waals surface area contributed by atoms with Gasteiger partial charge in [0.25, 0.3) is 0 Å². The number of benzene rings is 1. The minimum atomic E-state index is -0.0408. The van der Waals surface area contributed by atoms with Crippen molar-refractivity contribution < 1.29 is 4.74 Å². The van der Waals surface area contributed by atoms with Gasteiger partial charge in [0, 0.05) is 24.6 Å².